The van der Waals surface area contributed by atoms with Gasteiger partial charge < -0.3 is 0 Å². The molecule has 0 saturated heterocycles. The minimum absolute atomic E-state index is 0.0321. The van der Waals surface area contributed by atoms with Crippen molar-refractivity contribution in [1.29, 1.82) is 0 Å². The summed E-state index contributed by atoms with van der Waals surface area (Å²) in [5.41, 5.74) is 0. The van der Waals surface area contributed by atoms with Gasteiger partial charge in [0.05, 0.1) is 0 Å². The maximum atomic E-state index is 11.3. The van der Waals surface area contributed by atoms with Crippen molar-refractivity contribution in [3.8, 4) is 0 Å². The Bertz CT molecular complexity index is 474. The molecule has 0 aliphatic heterocycles. The summed E-state index contributed by atoms with van der Waals surface area (Å²) in [5.74, 6) is 0.589. The van der Waals surface area contributed by atoms with E-state index in [9.17, 15) is 10.1 Å². The van der Waals surface area contributed by atoms with E-state index in [2.05, 4.69) is 24.3 Å². The molecule has 0 N–H and O–H groups in total. The molecule has 4 atom stereocenters. The topological polar surface area (TPSA) is 43.1 Å². The molecule has 1 aromatic carbocycles. The Morgan fingerprint density at radius 1 is 1.11 bits per heavy atom. The van der Waals surface area contributed by atoms with E-state index in [-0.39, 0.29) is 36.7 Å². The van der Waals surface area contributed by atoms with Crippen LogP contribution in [0.25, 0.3) is 0 Å². The van der Waals surface area contributed by atoms with Gasteiger partial charge in [-0.05, 0) is 0 Å². The molecule has 94 valence electrons. The van der Waals surface area contributed by atoms with E-state index in [1.807, 2.05) is 18.2 Å². The van der Waals surface area contributed by atoms with Gasteiger partial charge >= 0.3 is 112 Å². The average molecular weight is 308 g/mol. The number of hydrogen-bond acceptors (Lipinski definition) is 2. The van der Waals surface area contributed by atoms with Crippen LogP contribution in [-0.2, 0) is 0 Å². The molecular weight excluding hydrogens is 293 g/mol. The fourth-order valence-corrected chi connectivity index (χ4v) is 6.09. The quantitative estimate of drug-likeness (QED) is 0.371. The number of fused-ring (bicyclic) bond motifs is 2. The van der Waals surface area contributed by atoms with E-state index in [1.165, 1.54) is 4.46 Å². The SMILES string of the molecule is O=[N+]([O-])[C@@H]1[C@H]([Se]c2ccccc2)[C@H]2C=C[C@@H]1CC2. The Kier molecular flexibility index (Phi) is 3.23. The molecule has 0 aromatic heterocycles. The zero-order valence-corrected chi connectivity index (χ0v) is 11.7. The van der Waals surface area contributed by atoms with E-state index in [4.69, 9.17) is 0 Å². The van der Waals surface area contributed by atoms with Crippen LogP contribution < -0.4 is 4.46 Å². The summed E-state index contributed by atoms with van der Waals surface area (Å²) in [6.45, 7) is 0. The van der Waals surface area contributed by atoms with E-state index < -0.39 is 0 Å². The second kappa shape index (κ2) is 4.87. The van der Waals surface area contributed by atoms with Crippen LogP contribution in [0.2, 0.25) is 4.82 Å². The van der Waals surface area contributed by atoms with Crippen molar-refractivity contribution in [3.63, 3.8) is 0 Å². The fourth-order valence-electron chi connectivity index (χ4n) is 3.01. The zero-order valence-electron chi connectivity index (χ0n) is 9.94. The van der Waals surface area contributed by atoms with Crippen LogP contribution >= 0.6 is 0 Å². The van der Waals surface area contributed by atoms with Crippen molar-refractivity contribution >= 4 is 19.4 Å². The Hall–Kier alpha value is -1.12. The molecule has 18 heavy (non-hydrogen) atoms. The van der Waals surface area contributed by atoms with Gasteiger partial charge in [0.2, 0.25) is 0 Å². The number of nitro groups is 1. The van der Waals surface area contributed by atoms with Gasteiger partial charge in [-0.3, -0.25) is 0 Å². The van der Waals surface area contributed by atoms with Crippen molar-refractivity contribution in [3.05, 3.63) is 52.6 Å². The Labute approximate surface area is 113 Å². The number of hydrogen-bond donors (Lipinski definition) is 0. The fraction of sp³-hybridized carbons (Fsp3) is 0.429. The number of nitrogens with zero attached hydrogens (tertiary/aromatic N) is 1. The third-order valence-corrected chi connectivity index (χ3v) is 6.93. The van der Waals surface area contributed by atoms with Gasteiger partial charge in [-0.25, -0.2) is 0 Å². The van der Waals surface area contributed by atoms with Gasteiger partial charge in [0, 0.05) is 0 Å². The zero-order chi connectivity index (χ0) is 12.5. The Balaban J connectivity index is 1.85. The van der Waals surface area contributed by atoms with Crippen molar-refractivity contribution in [2.75, 3.05) is 0 Å². The van der Waals surface area contributed by atoms with Crippen LogP contribution in [0.15, 0.2) is 42.5 Å². The van der Waals surface area contributed by atoms with E-state index in [1.54, 1.807) is 0 Å². The van der Waals surface area contributed by atoms with E-state index in [0.717, 1.165) is 12.8 Å². The Morgan fingerprint density at radius 3 is 2.39 bits per heavy atom. The molecule has 4 heteroatoms. The predicted molar refractivity (Wildman–Crippen MR) is 71.7 cm³/mol. The first-order chi connectivity index (χ1) is 8.75. The molecule has 1 saturated carbocycles. The van der Waals surface area contributed by atoms with Crippen molar-refractivity contribution < 1.29 is 4.92 Å². The van der Waals surface area contributed by atoms with E-state index in [0.29, 0.717) is 5.92 Å². The van der Waals surface area contributed by atoms with Gasteiger partial charge in [-0.2, -0.15) is 0 Å². The van der Waals surface area contributed by atoms with Crippen molar-refractivity contribution in [2.24, 2.45) is 11.8 Å². The van der Waals surface area contributed by atoms with Gasteiger partial charge in [0.1, 0.15) is 0 Å². The molecule has 0 unspecified atom stereocenters. The van der Waals surface area contributed by atoms with E-state index >= 15 is 0 Å². The summed E-state index contributed by atoms with van der Waals surface area (Å²) >= 11 is 0.201. The normalized spacial score (nSPS) is 33.6. The van der Waals surface area contributed by atoms with Crippen LogP contribution in [0.3, 0.4) is 0 Å². The average Bonchev–Trinajstić information content (AvgIpc) is 2.40. The molecule has 3 nitrogen and oxygen atoms in total. The molecule has 1 aromatic rings. The second-order valence-electron chi connectivity index (χ2n) is 4.96. The molecule has 0 radical (unpaired) electrons. The summed E-state index contributed by atoms with van der Waals surface area (Å²) in [6.07, 6.45) is 6.43. The number of rotatable bonds is 3. The third kappa shape index (κ3) is 2.11. The van der Waals surface area contributed by atoms with Crippen molar-refractivity contribution in [1.82, 2.24) is 0 Å². The summed E-state index contributed by atoms with van der Waals surface area (Å²) < 4.78 is 1.28. The summed E-state index contributed by atoms with van der Waals surface area (Å²) in [6, 6.07) is 9.89. The predicted octanol–water partition coefficient (Wildman–Crippen LogP) is 2.05. The first-order valence-corrected chi connectivity index (χ1v) is 8.14. The Morgan fingerprint density at radius 2 is 1.78 bits per heavy atom. The summed E-state index contributed by atoms with van der Waals surface area (Å²) in [5, 5.41) is 11.3. The van der Waals surface area contributed by atoms with Crippen LogP contribution in [0, 0.1) is 22.0 Å². The maximum absolute atomic E-state index is 11.3. The van der Waals surface area contributed by atoms with Gasteiger partial charge in [-0.1, -0.05) is 0 Å². The molecular formula is C14H15NO2Se. The molecule has 0 heterocycles. The van der Waals surface area contributed by atoms with Crippen LogP contribution in [-0.4, -0.2) is 25.9 Å². The molecule has 2 bridgehead atoms. The van der Waals surface area contributed by atoms with Gasteiger partial charge in [0.25, 0.3) is 0 Å². The summed E-state index contributed by atoms with van der Waals surface area (Å²) in [7, 11) is 0. The van der Waals surface area contributed by atoms with Gasteiger partial charge in [-0.15, -0.1) is 0 Å². The molecule has 4 rings (SSSR count). The van der Waals surface area contributed by atoms with Crippen LogP contribution in [0.5, 0.6) is 0 Å². The van der Waals surface area contributed by atoms with Gasteiger partial charge in [0.15, 0.2) is 0 Å². The second-order valence-corrected chi connectivity index (χ2v) is 7.59. The first-order valence-electron chi connectivity index (χ1n) is 6.29. The van der Waals surface area contributed by atoms with Crippen LogP contribution in [0.1, 0.15) is 12.8 Å². The standard InChI is InChI=1S/C14H15NO2Se/c16-15(17)13-10-6-8-11(9-7-10)14(13)18-12-4-2-1-3-5-12/h1-6,8,10-11,13-14H,7,9H2/t10-,11+,13+,14-/m1/s1. The third-order valence-electron chi connectivity index (χ3n) is 3.89. The number of allylic oxidation sites excluding steroid dienone is 1. The van der Waals surface area contributed by atoms with Crippen molar-refractivity contribution in [2.45, 2.75) is 23.7 Å². The first kappa shape index (κ1) is 11.9. The number of benzene rings is 1. The molecule has 0 spiro atoms. The summed E-state index contributed by atoms with van der Waals surface area (Å²) in [4.78, 5) is 11.5. The van der Waals surface area contributed by atoms with Crippen LogP contribution in [0.4, 0.5) is 0 Å². The minimum atomic E-state index is -0.353. The monoisotopic (exact) mass is 309 g/mol. The molecule has 3 aliphatic rings. The molecule has 0 amide bonds. The molecule has 3 aliphatic carbocycles. The molecule has 1 fully saturated rings.